The third kappa shape index (κ3) is 6.22. The fraction of sp³-hybridized carbons (Fsp3) is 0.0357. The maximum atomic E-state index is 7.75. The Kier molecular flexibility index (Phi) is 9.86. The van der Waals surface area contributed by atoms with Crippen LogP contribution in [0.1, 0.15) is 0 Å². The molecule has 2 aliphatic rings. The monoisotopic (exact) mass is 649 g/mol. The number of pyridine rings is 1. The molecule has 0 saturated heterocycles. The van der Waals surface area contributed by atoms with E-state index in [0.29, 0.717) is 0 Å². The summed E-state index contributed by atoms with van der Waals surface area (Å²) in [6, 6.07) is 36.5. The van der Waals surface area contributed by atoms with Crippen LogP contribution in [-0.2, 0) is 24.9 Å². The molecule has 1 aromatic heterocycles. The van der Waals surface area contributed by atoms with Gasteiger partial charge in [-0.25, -0.2) is 4.98 Å². The summed E-state index contributed by atoms with van der Waals surface area (Å²) in [5.74, 6) is 0.906. The van der Waals surface area contributed by atoms with Crippen LogP contribution in [0.25, 0.3) is 0 Å². The average Bonchev–Trinajstić information content (AvgIpc) is 3.56. The second-order valence-corrected chi connectivity index (χ2v) is 7.51. The Bertz CT molecular complexity index is 1170. The van der Waals surface area contributed by atoms with E-state index in [1.165, 1.54) is 0 Å². The number of rotatable bonds is 3. The molecule has 0 atom stereocenters. The second-order valence-electron chi connectivity index (χ2n) is 7.51. The number of carbonyl (C=O) groups excluding carboxylic acids is 1. The number of nitrogens with zero attached hydrogens (tertiary/aromatic N) is 5. The fourth-order valence-corrected chi connectivity index (χ4v) is 3.65. The number of anilines is 5. The number of benzene rings is 3. The molecular formula is C28H23BIrN5O-4. The Morgan fingerprint density at radius 3 is 1.94 bits per heavy atom. The minimum absolute atomic E-state index is 0. The summed E-state index contributed by atoms with van der Waals surface area (Å²) in [5.41, 5.74) is 4.33. The van der Waals surface area contributed by atoms with Gasteiger partial charge in [-0.05, 0) is 43.7 Å². The van der Waals surface area contributed by atoms with E-state index in [9.17, 15) is 0 Å². The molecule has 3 heterocycles. The summed E-state index contributed by atoms with van der Waals surface area (Å²) in [6.07, 6.45) is 5.82. The Morgan fingerprint density at radius 2 is 1.39 bits per heavy atom. The SMILES string of the molecule is CN1C=CN(c2[c-]cccc2)[CH-]1.[B]1N(c2[c-]cccc2)c2ccccc2N1c1ccccn1.[CH-]=O.[Ir]. The van der Waals surface area contributed by atoms with Crippen molar-refractivity contribution in [1.82, 2.24) is 9.88 Å². The molecule has 0 spiro atoms. The van der Waals surface area contributed by atoms with Gasteiger partial charge in [0.05, 0.1) is 11.4 Å². The molecule has 6 nitrogen and oxygen atoms in total. The van der Waals surface area contributed by atoms with Gasteiger partial charge in [0, 0.05) is 26.3 Å². The number of fused-ring (bicyclic) bond motifs is 1. The molecule has 182 valence electrons. The third-order valence-corrected chi connectivity index (χ3v) is 5.22. The maximum absolute atomic E-state index is 7.75. The molecule has 4 aromatic rings. The first-order valence-electron chi connectivity index (χ1n) is 10.9. The van der Waals surface area contributed by atoms with Gasteiger partial charge < -0.3 is 24.2 Å². The predicted octanol–water partition coefficient (Wildman–Crippen LogP) is 5.26. The Morgan fingerprint density at radius 1 is 0.778 bits per heavy atom. The largest absolute Gasteiger partial charge is 0.545 e. The van der Waals surface area contributed by atoms with Gasteiger partial charge in [0.25, 0.3) is 0 Å². The van der Waals surface area contributed by atoms with Gasteiger partial charge in [-0.1, -0.05) is 23.9 Å². The van der Waals surface area contributed by atoms with Crippen molar-refractivity contribution in [2.24, 2.45) is 0 Å². The molecule has 0 fully saturated rings. The van der Waals surface area contributed by atoms with E-state index in [1.807, 2.05) is 115 Å². The average molecular weight is 649 g/mol. The van der Waals surface area contributed by atoms with Crippen LogP contribution in [0.4, 0.5) is 28.6 Å². The standard InChI is InChI=1S/C17H12BN3.C10H10N2.CHO.Ir/c1-2-8-14(9-3-1)20-15-10-4-5-11-16(15)21(18-20)17-12-6-7-13-19-17;1-11-7-8-12(9-11)10-5-3-2-4-6-10;1-2;/h1-8,10-13H;2-5,7-9H,1H3;1H;/q-1;-2;-1;. The number of hydrogen-bond acceptors (Lipinski definition) is 6. The van der Waals surface area contributed by atoms with Gasteiger partial charge >= 0.3 is 7.55 Å². The smallest absolute Gasteiger partial charge is 0.400 e. The summed E-state index contributed by atoms with van der Waals surface area (Å²) < 4.78 is 0. The Balaban J connectivity index is 0.000000206. The van der Waals surface area contributed by atoms with Crippen LogP contribution >= 0.6 is 0 Å². The van der Waals surface area contributed by atoms with Gasteiger partial charge in [0.1, 0.15) is 5.82 Å². The quantitative estimate of drug-likeness (QED) is 0.172. The molecule has 6 rings (SSSR count). The molecule has 36 heavy (non-hydrogen) atoms. The molecular weight excluding hydrogens is 625 g/mol. The van der Waals surface area contributed by atoms with Crippen LogP contribution in [0.3, 0.4) is 0 Å². The molecule has 0 bridgehead atoms. The van der Waals surface area contributed by atoms with E-state index in [1.54, 1.807) is 0 Å². The second kappa shape index (κ2) is 13.3. The van der Waals surface area contributed by atoms with Crippen molar-refractivity contribution in [3.63, 3.8) is 0 Å². The molecule has 2 aliphatic heterocycles. The van der Waals surface area contributed by atoms with Crippen molar-refractivity contribution in [1.29, 1.82) is 0 Å². The normalized spacial score (nSPS) is 12.9. The minimum atomic E-state index is 0. The number of aromatic nitrogens is 1. The summed E-state index contributed by atoms with van der Waals surface area (Å²) in [7, 11) is 4.05. The first-order valence-corrected chi connectivity index (χ1v) is 10.9. The van der Waals surface area contributed by atoms with Crippen molar-refractivity contribution in [2.75, 3.05) is 21.6 Å². The first kappa shape index (κ1) is 26.7. The van der Waals surface area contributed by atoms with E-state index in [4.69, 9.17) is 4.79 Å². The summed E-state index contributed by atoms with van der Waals surface area (Å²) >= 11 is 0. The molecule has 0 aliphatic carbocycles. The van der Waals surface area contributed by atoms with Crippen LogP contribution in [0.15, 0.2) is 110 Å². The molecule has 0 saturated carbocycles. The molecule has 8 heteroatoms. The third-order valence-electron chi connectivity index (χ3n) is 5.22. The van der Waals surface area contributed by atoms with E-state index >= 15 is 0 Å². The number of para-hydroxylation sites is 4. The van der Waals surface area contributed by atoms with Crippen molar-refractivity contribution in [2.45, 2.75) is 0 Å². The Labute approximate surface area is 227 Å². The van der Waals surface area contributed by atoms with Gasteiger partial charge in [0.15, 0.2) is 0 Å². The van der Waals surface area contributed by atoms with E-state index in [2.05, 4.69) is 59.3 Å². The van der Waals surface area contributed by atoms with Crippen molar-refractivity contribution in [3.8, 4) is 0 Å². The van der Waals surface area contributed by atoms with Gasteiger partial charge in [-0.3, -0.25) is 6.79 Å². The molecule has 0 unspecified atom stereocenters. The maximum Gasteiger partial charge on any atom is 0.400 e. The fourth-order valence-electron chi connectivity index (χ4n) is 3.65. The Hall–Kier alpha value is -3.87. The van der Waals surface area contributed by atoms with E-state index < -0.39 is 0 Å². The summed E-state index contributed by atoms with van der Waals surface area (Å²) in [4.78, 5) is 20.4. The minimum Gasteiger partial charge on any atom is -0.545 e. The van der Waals surface area contributed by atoms with Crippen LogP contribution in [0.5, 0.6) is 0 Å². The molecule has 3 aromatic carbocycles. The van der Waals surface area contributed by atoms with Crippen LogP contribution in [0.2, 0.25) is 0 Å². The zero-order valence-corrected chi connectivity index (χ0v) is 22.0. The zero-order chi connectivity index (χ0) is 24.5. The molecule has 2 radical (unpaired) electrons. The molecule has 0 N–H and O–H groups in total. The van der Waals surface area contributed by atoms with E-state index in [0.717, 1.165) is 28.6 Å². The predicted molar refractivity (Wildman–Crippen MR) is 142 cm³/mol. The van der Waals surface area contributed by atoms with Gasteiger partial charge in [-0.15, -0.1) is 11.8 Å². The summed E-state index contributed by atoms with van der Waals surface area (Å²) in [6.45, 7) is 5.26. The summed E-state index contributed by atoms with van der Waals surface area (Å²) in [5, 5.41) is 0. The zero-order valence-electron chi connectivity index (χ0n) is 19.6. The van der Waals surface area contributed by atoms with Crippen LogP contribution in [0, 0.1) is 18.8 Å². The topological polar surface area (TPSA) is 42.9 Å². The van der Waals surface area contributed by atoms with Gasteiger partial charge in [-0.2, -0.15) is 61.3 Å². The van der Waals surface area contributed by atoms with E-state index in [-0.39, 0.29) is 20.1 Å². The molecule has 0 amide bonds. The van der Waals surface area contributed by atoms with Gasteiger partial charge in [0.2, 0.25) is 0 Å². The number of hydrogen-bond donors (Lipinski definition) is 0. The van der Waals surface area contributed by atoms with Crippen molar-refractivity contribution >= 4 is 42.9 Å². The van der Waals surface area contributed by atoms with Crippen LogP contribution in [-0.4, -0.2) is 31.3 Å². The van der Waals surface area contributed by atoms with Crippen molar-refractivity contribution in [3.05, 3.63) is 128 Å². The van der Waals surface area contributed by atoms with Crippen molar-refractivity contribution < 1.29 is 24.9 Å². The van der Waals surface area contributed by atoms with Crippen LogP contribution < -0.4 is 14.5 Å². The first-order chi connectivity index (χ1) is 17.3.